The summed E-state index contributed by atoms with van der Waals surface area (Å²) in [6.07, 6.45) is 0.442. The molecule has 1 aromatic carbocycles. The van der Waals surface area contributed by atoms with Gasteiger partial charge in [0.1, 0.15) is 11.7 Å². The van der Waals surface area contributed by atoms with Gasteiger partial charge in [0, 0.05) is 29.7 Å². The van der Waals surface area contributed by atoms with Crippen LogP contribution in [0.25, 0.3) is 22.4 Å². The van der Waals surface area contributed by atoms with Gasteiger partial charge in [-0.25, -0.2) is 4.98 Å². The number of carbonyl (C=O) groups excluding carboxylic acids is 1. The number of hydrogen-bond donors (Lipinski definition) is 1. The van der Waals surface area contributed by atoms with Crippen LogP contribution in [-0.2, 0) is 13.1 Å². The van der Waals surface area contributed by atoms with Crippen molar-refractivity contribution in [1.82, 2.24) is 15.0 Å². The fourth-order valence-electron chi connectivity index (χ4n) is 3.81. The minimum atomic E-state index is -4.44. The highest BCUT2D eigenvalue weighted by Gasteiger charge is 2.37. The Hall–Kier alpha value is -2.87. The van der Waals surface area contributed by atoms with Gasteiger partial charge in [0.25, 0.3) is 5.91 Å². The molecule has 0 unspecified atom stereocenters. The number of hydrogen-bond acceptors (Lipinski definition) is 2. The number of halogens is 4. The van der Waals surface area contributed by atoms with Crippen LogP contribution in [0.3, 0.4) is 0 Å². The molecule has 3 aromatic rings. The summed E-state index contributed by atoms with van der Waals surface area (Å²) in [5, 5.41) is 3.51. The monoisotopic (exact) mass is 463 g/mol. The maximum absolute atomic E-state index is 12.8. The highest BCUT2D eigenvalue weighted by molar-refractivity contribution is 6.29. The second-order valence-corrected chi connectivity index (χ2v) is 8.80. The third-order valence-electron chi connectivity index (χ3n) is 5.43. The standard InChI is InChI=1S/C23H22ClF3N4O/c1-14(2)7-8-31-12-17(10-28-31)18-5-6-20(24)29-21(18)15-3-4-16-11-30(13-23(25,26)27)22(32)19(16)9-15/h3-6,9-10,12,14H,7-8,11,13H2,1-2H3/p+1. The number of fused-ring (bicyclic) bond motifs is 1. The molecular formula is C23H23ClF3N4O+. The zero-order valence-electron chi connectivity index (χ0n) is 17.7. The normalized spacial score (nSPS) is 13.8. The van der Waals surface area contributed by atoms with E-state index in [1.54, 1.807) is 24.3 Å². The first-order chi connectivity index (χ1) is 15.1. The molecule has 0 spiro atoms. The van der Waals surface area contributed by atoms with Gasteiger partial charge in [-0.2, -0.15) is 18.3 Å². The molecule has 1 aliphatic rings. The van der Waals surface area contributed by atoms with E-state index in [2.05, 4.69) is 23.9 Å². The number of aromatic amines is 1. The Bertz CT molecular complexity index is 1160. The van der Waals surface area contributed by atoms with Crippen molar-refractivity contribution in [1.29, 1.82) is 0 Å². The number of benzene rings is 1. The van der Waals surface area contributed by atoms with E-state index < -0.39 is 18.6 Å². The van der Waals surface area contributed by atoms with Gasteiger partial charge in [0.15, 0.2) is 6.54 Å². The molecule has 5 nitrogen and oxygen atoms in total. The van der Waals surface area contributed by atoms with E-state index in [0.717, 1.165) is 29.0 Å². The van der Waals surface area contributed by atoms with Crippen LogP contribution >= 0.6 is 11.6 Å². The average molecular weight is 464 g/mol. The third kappa shape index (κ3) is 4.80. The Balaban J connectivity index is 1.68. The Labute approximate surface area is 188 Å². The third-order valence-corrected chi connectivity index (χ3v) is 5.64. The van der Waals surface area contributed by atoms with Crippen molar-refractivity contribution < 1.29 is 22.6 Å². The number of H-pyrrole nitrogens is 1. The van der Waals surface area contributed by atoms with E-state index in [0.29, 0.717) is 22.7 Å². The molecule has 2 aromatic heterocycles. The molecule has 0 saturated carbocycles. The quantitative estimate of drug-likeness (QED) is 0.401. The first-order valence-corrected chi connectivity index (χ1v) is 10.7. The van der Waals surface area contributed by atoms with Gasteiger partial charge in [0.05, 0.1) is 17.5 Å². The summed E-state index contributed by atoms with van der Waals surface area (Å²) in [7, 11) is 0. The van der Waals surface area contributed by atoms with Gasteiger partial charge in [-0.1, -0.05) is 37.6 Å². The maximum atomic E-state index is 12.8. The second-order valence-electron chi connectivity index (χ2n) is 8.41. The summed E-state index contributed by atoms with van der Waals surface area (Å²) in [6.45, 7) is 3.84. The van der Waals surface area contributed by atoms with Crippen LogP contribution in [0.5, 0.6) is 0 Å². The fourth-order valence-corrected chi connectivity index (χ4v) is 3.96. The lowest BCUT2D eigenvalue weighted by Gasteiger charge is -2.17. The highest BCUT2D eigenvalue weighted by Crippen LogP contribution is 2.35. The van der Waals surface area contributed by atoms with Gasteiger partial charge >= 0.3 is 6.18 Å². The van der Waals surface area contributed by atoms with Crippen molar-refractivity contribution >= 4 is 17.5 Å². The van der Waals surface area contributed by atoms with Crippen LogP contribution in [0.1, 0.15) is 36.2 Å². The molecule has 1 N–H and O–H groups in total. The summed E-state index contributed by atoms with van der Waals surface area (Å²) in [6, 6.07) is 8.60. The van der Waals surface area contributed by atoms with E-state index >= 15 is 0 Å². The van der Waals surface area contributed by atoms with Crippen LogP contribution in [-0.4, -0.2) is 33.6 Å². The molecule has 1 amide bonds. The number of nitrogens with zero attached hydrogens (tertiary/aromatic N) is 3. The number of aromatic nitrogens is 3. The van der Waals surface area contributed by atoms with Gasteiger partial charge in [0.2, 0.25) is 6.20 Å². The number of nitrogens with one attached hydrogen (secondary N) is 1. The number of aryl methyl sites for hydroxylation is 1. The lowest BCUT2D eigenvalue weighted by atomic mass is 9.98. The average Bonchev–Trinajstić information content (AvgIpc) is 3.30. The van der Waals surface area contributed by atoms with Crippen LogP contribution in [0.2, 0.25) is 5.15 Å². The molecule has 0 saturated heterocycles. The highest BCUT2D eigenvalue weighted by atomic mass is 35.5. The fraction of sp³-hybridized carbons (Fsp3) is 0.348. The summed E-state index contributed by atoms with van der Waals surface area (Å²) in [4.78, 5) is 17.9. The largest absolute Gasteiger partial charge is 0.406 e. The Kier molecular flexibility index (Phi) is 5.99. The second kappa shape index (κ2) is 8.58. The first-order valence-electron chi connectivity index (χ1n) is 10.3. The van der Waals surface area contributed by atoms with Crippen LogP contribution in [0.4, 0.5) is 13.2 Å². The first kappa shape index (κ1) is 22.3. The molecule has 168 valence electrons. The smallest absolute Gasteiger partial charge is 0.325 e. The molecule has 0 radical (unpaired) electrons. The van der Waals surface area contributed by atoms with Crippen molar-refractivity contribution in [2.75, 3.05) is 6.54 Å². The Morgan fingerprint density at radius 3 is 2.69 bits per heavy atom. The lowest BCUT2D eigenvalue weighted by Crippen LogP contribution is -2.35. The number of alkyl halides is 3. The topological polar surface area (TPSA) is 52.9 Å². The van der Waals surface area contributed by atoms with E-state index in [9.17, 15) is 18.0 Å². The molecule has 4 rings (SSSR count). The predicted molar refractivity (Wildman–Crippen MR) is 115 cm³/mol. The molecule has 1 aliphatic heterocycles. The Morgan fingerprint density at radius 1 is 1.19 bits per heavy atom. The molecule has 32 heavy (non-hydrogen) atoms. The molecular weight excluding hydrogens is 441 g/mol. The van der Waals surface area contributed by atoms with Gasteiger partial charge in [-0.15, -0.1) is 4.68 Å². The number of pyridine rings is 1. The summed E-state index contributed by atoms with van der Waals surface area (Å²) in [5.41, 5.74) is 3.74. The summed E-state index contributed by atoms with van der Waals surface area (Å²) < 4.78 is 40.4. The van der Waals surface area contributed by atoms with Crippen molar-refractivity contribution in [3.63, 3.8) is 0 Å². The van der Waals surface area contributed by atoms with E-state index in [-0.39, 0.29) is 17.3 Å². The summed E-state index contributed by atoms with van der Waals surface area (Å²) in [5.74, 6) is -0.0567. The van der Waals surface area contributed by atoms with Crippen molar-refractivity contribution in [3.8, 4) is 22.4 Å². The van der Waals surface area contributed by atoms with E-state index in [4.69, 9.17) is 11.6 Å². The van der Waals surface area contributed by atoms with Crippen LogP contribution in [0, 0.1) is 5.92 Å². The number of rotatable bonds is 6. The van der Waals surface area contributed by atoms with Crippen molar-refractivity contribution in [3.05, 3.63) is 59.0 Å². The predicted octanol–water partition coefficient (Wildman–Crippen LogP) is 5.25. The zero-order valence-corrected chi connectivity index (χ0v) is 18.5. The van der Waals surface area contributed by atoms with Crippen molar-refractivity contribution in [2.24, 2.45) is 5.92 Å². The molecule has 9 heteroatoms. The Morgan fingerprint density at radius 2 is 1.97 bits per heavy atom. The molecule has 3 heterocycles. The SMILES string of the molecule is CC(C)CC[n+]1cc(-c2ccc(Cl)nc2-c2ccc3c(c2)C(=O)N(CC(F)(F)F)C3)c[nH]1. The summed E-state index contributed by atoms with van der Waals surface area (Å²) >= 11 is 6.16. The minimum absolute atomic E-state index is 0.0581. The lowest BCUT2D eigenvalue weighted by molar-refractivity contribution is -0.750. The van der Waals surface area contributed by atoms with Crippen molar-refractivity contribution in [2.45, 2.75) is 39.5 Å². The number of carbonyl (C=O) groups is 1. The van der Waals surface area contributed by atoms with Gasteiger partial charge in [-0.3, -0.25) is 4.79 Å². The van der Waals surface area contributed by atoms with Gasteiger partial charge < -0.3 is 4.90 Å². The maximum Gasteiger partial charge on any atom is 0.406 e. The molecule has 0 aliphatic carbocycles. The van der Waals surface area contributed by atoms with E-state index in [1.807, 2.05) is 23.1 Å². The molecule has 0 fully saturated rings. The van der Waals surface area contributed by atoms with Gasteiger partial charge in [-0.05, 0) is 29.7 Å². The molecule has 0 bridgehead atoms. The minimum Gasteiger partial charge on any atom is -0.325 e. The molecule has 0 atom stereocenters. The van der Waals surface area contributed by atoms with Crippen LogP contribution < -0.4 is 4.68 Å². The van der Waals surface area contributed by atoms with E-state index in [1.165, 1.54) is 0 Å². The number of amides is 1. The van der Waals surface area contributed by atoms with Crippen LogP contribution in [0.15, 0.2) is 42.7 Å². The zero-order chi connectivity index (χ0) is 23.0.